The molecule has 1 aromatic rings. The Morgan fingerprint density at radius 2 is 2.26 bits per heavy atom. The second-order valence-electron chi connectivity index (χ2n) is 5.43. The van der Waals surface area contributed by atoms with Crippen molar-refractivity contribution in [2.75, 3.05) is 13.1 Å². The van der Waals surface area contributed by atoms with Gasteiger partial charge in [0.15, 0.2) is 0 Å². The first-order valence-electron chi connectivity index (χ1n) is 7.24. The van der Waals surface area contributed by atoms with E-state index in [1.165, 1.54) is 0 Å². The van der Waals surface area contributed by atoms with Crippen molar-refractivity contribution >= 4 is 5.91 Å². The fourth-order valence-electron chi connectivity index (χ4n) is 2.85. The van der Waals surface area contributed by atoms with Gasteiger partial charge < -0.3 is 10.6 Å². The van der Waals surface area contributed by atoms with Gasteiger partial charge in [-0.1, -0.05) is 26.7 Å². The van der Waals surface area contributed by atoms with Crippen molar-refractivity contribution in [1.82, 2.24) is 15.1 Å². The Hall–Kier alpha value is -1.36. The number of nitrogens with one attached hydrogen (secondary N) is 1. The lowest BCUT2D eigenvalue weighted by molar-refractivity contribution is 0.0784. The number of aryl methyl sites for hydroxylation is 1. The molecule has 5 nitrogen and oxygen atoms in total. The van der Waals surface area contributed by atoms with E-state index in [1.54, 1.807) is 6.20 Å². The smallest absolute Gasteiger partial charge is 0.257 e. The van der Waals surface area contributed by atoms with Crippen LogP contribution in [0.3, 0.4) is 0 Å². The molecule has 5 heteroatoms. The third-order valence-electron chi connectivity index (χ3n) is 3.89. The molecule has 1 aliphatic rings. The van der Waals surface area contributed by atoms with Crippen molar-refractivity contribution < 1.29 is 4.79 Å². The summed E-state index contributed by atoms with van der Waals surface area (Å²) in [5.74, 6) is 0.515. The highest BCUT2D eigenvalue weighted by molar-refractivity contribution is 5.95. The topological polar surface area (TPSA) is 75.0 Å². The SMILES string of the molecule is CCCc1[nH]ncc1C(=O)N1C[C@@H](CCC)[C@H](N)C1. The first-order valence-corrected chi connectivity index (χ1v) is 7.24. The first-order chi connectivity index (χ1) is 9.17. The summed E-state index contributed by atoms with van der Waals surface area (Å²) < 4.78 is 0. The van der Waals surface area contributed by atoms with Gasteiger partial charge in [0.25, 0.3) is 5.91 Å². The lowest BCUT2D eigenvalue weighted by Gasteiger charge is -2.16. The molecule has 3 N–H and O–H groups in total. The maximum absolute atomic E-state index is 12.5. The third-order valence-corrected chi connectivity index (χ3v) is 3.89. The molecule has 0 aliphatic carbocycles. The van der Waals surface area contributed by atoms with E-state index in [1.807, 2.05) is 4.90 Å². The van der Waals surface area contributed by atoms with Crippen LogP contribution in [0.5, 0.6) is 0 Å². The van der Waals surface area contributed by atoms with E-state index in [0.717, 1.165) is 37.9 Å². The third kappa shape index (κ3) is 2.97. The van der Waals surface area contributed by atoms with E-state index in [0.29, 0.717) is 18.0 Å². The summed E-state index contributed by atoms with van der Waals surface area (Å²) in [5, 5.41) is 6.93. The minimum absolute atomic E-state index is 0.0752. The Bertz CT molecular complexity index is 429. The second kappa shape index (κ2) is 6.19. The molecule has 1 aliphatic heterocycles. The number of aromatic nitrogens is 2. The predicted molar refractivity (Wildman–Crippen MR) is 74.9 cm³/mol. The molecule has 0 unspecified atom stereocenters. The first kappa shape index (κ1) is 14.1. The fourth-order valence-corrected chi connectivity index (χ4v) is 2.85. The van der Waals surface area contributed by atoms with Crippen molar-refractivity contribution in [1.29, 1.82) is 0 Å². The van der Waals surface area contributed by atoms with Gasteiger partial charge in [-0.15, -0.1) is 0 Å². The van der Waals surface area contributed by atoms with Gasteiger partial charge in [0.1, 0.15) is 0 Å². The summed E-state index contributed by atoms with van der Waals surface area (Å²) in [6, 6.07) is 0.116. The van der Waals surface area contributed by atoms with Crippen molar-refractivity contribution in [2.24, 2.45) is 11.7 Å². The van der Waals surface area contributed by atoms with E-state index in [-0.39, 0.29) is 11.9 Å². The molecular weight excluding hydrogens is 240 g/mol. The molecule has 0 bridgehead atoms. The number of aromatic amines is 1. The predicted octanol–water partition coefficient (Wildman–Crippen LogP) is 1.56. The summed E-state index contributed by atoms with van der Waals surface area (Å²) in [6.45, 7) is 5.70. The van der Waals surface area contributed by atoms with Gasteiger partial charge >= 0.3 is 0 Å². The molecule has 2 heterocycles. The Balaban J connectivity index is 2.06. The number of likely N-dealkylation sites (tertiary alicyclic amines) is 1. The van der Waals surface area contributed by atoms with Gasteiger partial charge in [-0.05, 0) is 18.8 Å². The largest absolute Gasteiger partial charge is 0.337 e. The Kier molecular flexibility index (Phi) is 4.58. The van der Waals surface area contributed by atoms with E-state index in [2.05, 4.69) is 24.0 Å². The van der Waals surface area contributed by atoms with E-state index >= 15 is 0 Å². The zero-order valence-corrected chi connectivity index (χ0v) is 11.9. The molecule has 19 heavy (non-hydrogen) atoms. The Morgan fingerprint density at radius 1 is 1.47 bits per heavy atom. The van der Waals surface area contributed by atoms with Gasteiger partial charge in [0, 0.05) is 24.8 Å². The quantitative estimate of drug-likeness (QED) is 0.847. The minimum Gasteiger partial charge on any atom is -0.337 e. The van der Waals surface area contributed by atoms with E-state index < -0.39 is 0 Å². The molecule has 1 amide bonds. The Morgan fingerprint density at radius 3 is 2.95 bits per heavy atom. The average Bonchev–Trinajstić information content (AvgIpc) is 2.98. The molecule has 2 rings (SSSR count). The number of carbonyl (C=O) groups is 1. The van der Waals surface area contributed by atoms with Crippen LogP contribution in [-0.2, 0) is 6.42 Å². The summed E-state index contributed by atoms with van der Waals surface area (Å²) in [7, 11) is 0. The molecule has 1 fully saturated rings. The van der Waals surface area contributed by atoms with Crippen LogP contribution in [0.4, 0.5) is 0 Å². The van der Waals surface area contributed by atoms with Crippen LogP contribution in [0.2, 0.25) is 0 Å². The van der Waals surface area contributed by atoms with E-state index in [9.17, 15) is 4.79 Å². The molecule has 0 spiro atoms. The number of nitrogens with two attached hydrogens (primary N) is 1. The molecule has 2 atom stereocenters. The second-order valence-corrected chi connectivity index (χ2v) is 5.43. The average molecular weight is 264 g/mol. The zero-order chi connectivity index (χ0) is 13.8. The summed E-state index contributed by atoms with van der Waals surface area (Å²) in [6.07, 6.45) is 5.72. The van der Waals surface area contributed by atoms with Crippen LogP contribution in [0.25, 0.3) is 0 Å². The van der Waals surface area contributed by atoms with Gasteiger partial charge in [-0.3, -0.25) is 9.89 Å². The maximum Gasteiger partial charge on any atom is 0.257 e. The number of H-pyrrole nitrogens is 1. The standard InChI is InChI=1S/C14H24N4O/c1-3-5-10-8-18(9-12(10)15)14(19)11-7-16-17-13(11)6-4-2/h7,10,12H,3-6,8-9,15H2,1-2H3,(H,16,17)/t10-,12-/m1/s1. The molecule has 0 saturated carbocycles. The van der Waals surface area contributed by atoms with Gasteiger partial charge in [0.05, 0.1) is 11.8 Å². The Labute approximate surface area is 114 Å². The van der Waals surface area contributed by atoms with Crippen molar-refractivity contribution in [3.05, 3.63) is 17.5 Å². The number of nitrogens with zero attached hydrogens (tertiary/aromatic N) is 2. The lowest BCUT2D eigenvalue weighted by atomic mass is 9.99. The van der Waals surface area contributed by atoms with Crippen molar-refractivity contribution in [3.63, 3.8) is 0 Å². The molecular formula is C14H24N4O. The maximum atomic E-state index is 12.5. The lowest BCUT2D eigenvalue weighted by Crippen LogP contribution is -2.32. The van der Waals surface area contributed by atoms with Crippen molar-refractivity contribution in [2.45, 2.75) is 45.6 Å². The molecule has 0 aromatic carbocycles. The zero-order valence-electron chi connectivity index (χ0n) is 11.9. The number of hydrogen-bond acceptors (Lipinski definition) is 3. The normalized spacial score (nSPS) is 23.0. The summed E-state index contributed by atoms with van der Waals surface area (Å²) in [4.78, 5) is 14.4. The fraction of sp³-hybridized carbons (Fsp3) is 0.714. The van der Waals surface area contributed by atoms with Gasteiger partial charge in [0.2, 0.25) is 0 Å². The van der Waals surface area contributed by atoms with Gasteiger partial charge in [-0.2, -0.15) is 5.10 Å². The molecule has 1 saturated heterocycles. The van der Waals surface area contributed by atoms with Crippen LogP contribution >= 0.6 is 0 Å². The van der Waals surface area contributed by atoms with Crippen LogP contribution < -0.4 is 5.73 Å². The number of hydrogen-bond donors (Lipinski definition) is 2. The van der Waals surface area contributed by atoms with E-state index in [4.69, 9.17) is 5.73 Å². The highest BCUT2D eigenvalue weighted by Crippen LogP contribution is 2.22. The summed E-state index contributed by atoms with van der Waals surface area (Å²) >= 11 is 0. The minimum atomic E-state index is 0.0752. The van der Waals surface area contributed by atoms with Crippen LogP contribution in [-0.4, -0.2) is 40.1 Å². The molecule has 0 radical (unpaired) electrons. The van der Waals surface area contributed by atoms with Crippen molar-refractivity contribution in [3.8, 4) is 0 Å². The van der Waals surface area contributed by atoms with Crippen LogP contribution in [0.1, 0.15) is 49.2 Å². The van der Waals surface area contributed by atoms with Crippen LogP contribution in [0.15, 0.2) is 6.20 Å². The summed E-state index contributed by atoms with van der Waals surface area (Å²) in [5.41, 5.74) is 7.78. The number of carbonyl (C=O) groups excluding carboxylic acids is 1. The highest BCUT2D eigenvalue weighted by Gasteiger charge is 2.33. The van der Waals surface area contributed by atoms with Gasteiger partial charge in [-0.25, -0.2) is 0 Å². The number of amides is 1. The van der Waals surface area contributed by atoms with Crippen LogP contribution in [0, 0.1) is 5.92 Å². The monoisotopic (exact) mass is 264 g/mol. The molecule has 106 valence electrons. The molecule has 1 aromatic heterocycles. The number of rotatable bonds is 5. The highest BCUT2D eigenvalue weighted by atomic mass is 16.2.